The summed E-state index contributed by atoms with van der Waals surface area (Å²) in [6, 6.07) is 3.33. The van der Waals surface area contributed by atoms with E-state index >= 15 is 0 Å². The third-order valence-electron chi connectivity index (χ3n) is 4.29. The van der Waals surface area contributed by atoms with Gasteiger partial charge in [0.25, 0.3) is 5.69 Å². The van der Waals surface area contributed by atoms with Crippen molar-refractivity contribution in [3.63, 3.8) is 0 Å². The first-order valence-corrected chi connectivity index (χ1v) is 8.70. The Hall–Kier alpha value is -3.30. The highest BCUT2D eigenvalue weighted by Gasteiger charge is 2.34. The standard InChI is InChI=1S/C18H20N4O6/c1-18(2,3)28-17(23)21-9-14(19-10-21)16(20-24)12-6-7-27-15-5-4-11(22(25)26)8-13(12)15/h4-5,8-10,12,16H,6-7H2,1-3H3. The minimum Gasteiger partial charge on any atom is -0.493 e. The molecule has 28 heavy (non-hydrogen) atoms. The van der Waals surface area contributed by atoms with Crippen LogP contribution in [0.3, 0.4) is 0 Å². The average Bonchev–Trinajstić information content (AvgIpc) is 3.10. The maximum Gasteiger partial charge on any atom is 0.419 e. The molecule has 0 bridgehead atoms. The SMILES string of the molecule is CC(C)(C)OC(=O)n1cnc(C(N=O)C2CCOc3ccc([N+](=O)[O-])cc32)c1. The number of benzene rings is 1. The van der Waals surface area contributed by atoms with Crippen LogP contribution in [0.4, 0.5) is 10.5 Å². The number of nitrogens with zero attached hydrogens (tertiary/aromatic N) is 4. The number of fused-ring (bicyclic) bond motifs is 1. The first-order chi connectivity index (χ1) is 13.2. The van der Waals surface area contributed by atoms with Crippen LogP contribution in [-0.2, 0) is 4.74 Å². The summed E-state index contributed by atoms with van der Waals surface area (Å²) in [5, 5.41) is 14.3. The summed E-state index contributed by atoms with van der Waals surface area (Å²) in [4.78, 5) is 38.6. The second-order valence-corrected chi connectivity index (χ2v) is 7.46. The summed E-state index contributed by atoms with van der Waals surface area (Å²) in [6.07, 6.45) is 2.46. The molecule has 1 aromatic heterocycles. The lowest BCUT2D eigenvalue weighted by atomic mass is 9.85. The van der Waals surface area contributed by atoms with Gasteiger partial charge in [0.2, 0.25) is 0 Å². The van der Waals surface area contributed by atoms with Gasteiger partial charge in [0, 0.05) is 29.8 Å². The quantitative estimate of drug-likeness (QED) is 0.441. The van der Waals surface area contributed by atoms with E-state index in [1.165, 1.54) is 30.7 Å². The molecule has 0 radical (unpaired) electrons. The van der Waals surface area contributed by atoms with Crippen molar-refractivity contribution >= 4 is 11.8 Å². The van der Waals surface area contributed by atoms with E-state index in [-0.39, 0.29) is 11.4 Å². The highest BCUT2D eigenvalue weighted by Crippen LogP contribution is 2.44. The largest absolute Gasteiger partial charge is 0.493 e. The van der Waals surface area contributed by atoms with Crippen molar-refractivity contribution in [2.45, 2.75) is 44.8 Å². The number of imidazole rings is 1. The molecule has 0 N–H and O–H groups in total. The topological polar surface area (TPSA) is 126 Å². The molecule has 1 aliphatic rings. The molecule has 2 heterocycles. The van der Waals surface area contributed by atoms with E-state index in [0.717, 1.165) is 4.57 Å². The van der Waals surface area contributed by atoms with Crippen LogP contribution in [0.25, 0.3) is 0 Å². The van der Waals surface area contributed by atoms with Gasteiger partial charge in [0.05, 0.1) is 17.2 Å². The smallest absolute Gasteiger partial charge is 0.419 e. The Morgan fingerprint density at radius 1 is 1.46 bits per heavy atom. The zero-order valence-corrected chi connectivity index (χ0v) is 15.7. The maximum atomic E-state index is 12.2. The molecule has 2 atom stereocenters. The Balaban J connectivity index is 1.92. The number of hydrogen-bond donors (Lipinski definition) is 0. The molecule has 0 amide bonds. The van der Waals surface area contributed by atoms with Gasteiger partial charge in [-0.25, -0.2) is 14.3 Å². The molecule has 0 aliphatic carbocycles. The molecule has 0 saturated heterocycles. The van der Waals surface area contributed by atoms with Gasteiger partial charge in [-0.2, -0.15) is 4.91 Å². The molecule has 0 spiro atoms. The number of carbonyl (C=O) groups is 1. The lowest BCUT2D eigenvalue weighted by molar-refractivity contribution is -0.385. The van der Waals surface area contributed by atoms with Gasteiger partial charge in [-0.15, -0.1) is 0 Å². The van der Waals surface area contributed by atoms with Crippen LogP contribution < -0.4 is 4.74 Å². The minimum atomic E-state index is -0.923. The molecule has 1 aliphatic heterocycles. The van der Waals surface area contributed by atoms with E-state index in [1.54, 1.807) is 20.8 Å². The van der Waals surface area contributed by atoms with Gasteiger partial charge >= 0.3 is 6.09 Å². The normalized spacial score (nSPS) is 17.2. The van der Waals surface area contributed by atoms with E-state index in [0.29, 0.717) is 24.3 Å². The summed E-state index contributed by atoms with van der Waals surface area (Å²) in [6.45, 7) is 5.56. The third kappa shape index (κ3) is 4.00. The summed E-state index contributed by atoms with van der Waals surface area (Å²) in [5.74, 6) is 0.0187. The fourth-order valence-corrected chi connectivity index (χ4v) is 3.09. The van der Waals surface area contributed by atoms with Crippen molar-refractivity contribution < 1.29 is 19.2 Å². The first kappa shape index (κ1) is 19.5. The highest BCUT2D eigenvalue weighted by atomic mass is 16.6. The van der Waals surface area contributed by atoms with Crippen LogP contribution >= 0.6 is 0 Å². The maximum absolute atomic E-state index is 12.2. The second kappa shape index (κ2) is 7.37. The van der Waals surface area contributed by atoms with Crippen LogP contribution in [0.1, 0.15) is 50.4 Å². The number of carbonyl (C=O) groups excluding carboxylic acids is 1. The summed E-state index contributed by atoms with van der Waals surface area (Å²) < 4.78 is 12.0. The molecule has 2 unspecified atom stereocenters. The number of non-ortho nitro benzene ring substituents is 1. The van der Waals surface area contributed by atoms with Gasteiger partial charge in [0.1, 0.15) is 23.7 Å². The second-order valence-electron chi connectivity index (χ2n) is 7.46. The number of nitro benzene ring substituents is 1. The number of aromatic nitrogens is 2. The lowest BCUT2D eigenvalue weighted by Gasteiger charge is -2.27. The van der Waals surface area contributed by atoms with Crippen molar-refractivity contribution in [1.82, 2.24) is 9.55 Å². The zero-order chi connectivity index (χ0) is 20.5. The predicted octanol–water partition coefficient (Wildman–Crippen LogP) is 3.95. The van der Waals surface area contributed by atoms with E-state index in [1.807, 2.05) is 0 Å². The molecule has 148 valence electrons. The van der Waals surface area contributed by atoms with E-state index < -0.39 is 28.6 Å². The van der Waals surface area contributed by atoms with Crippen molar-refractivity contribution in [2.24, 2.45) is 5.18 Å². The van der Waals surface area contributed by atoms with Crippen molar-refractivity contribution in [3.8, 4) is 5.75 Å². The van der Waals surface area contributed by atoms with Crippen LogP contribution in [0.5, 0.6) is 5.75 Å². The van der Waals surface area contributed by atoms with Crippen molar-refractivity contribution in [2.75, 3.05) is 6.61 Å². The number of hydrogen-bond acceptors (Lipinski definition) is 8. The van der Waals surface area contributed by atoms with Gasteiger partial charge in [-0.1, -0.05) is 5.18 Å². The summed E-state index contributed by atoms with van der Waals surface area (Å²) in [7, 11) is 0. The van der Waals surface area contributed by atoms with Gasteiger partial charge in [0.15, 0.2) is 0 Å². The first-order valence-electron chi connectivity index (χ1n) is 8.70. The Kier molecular flexibility index (Phi) is 5.12. The van der Waals surface area contributed by atoms with E-state index in [2.05, 4.69) is 10.2 Å². The number of ether oxygens (including phenoxy) is 2. The molecular weight excluding hydrogens is 368 g/mol. The number of rotatable bonds is 4. The van der Waals surface area contributed by atoms with Gasteiger partial charge < -0.3 is 9.47 Å². The Morgan fingerprint density at radius 2 is 2.21 bits per heavy atom. The molecule has 2 aromatic rings. The van der Waals surface area contributed by atoms with Crippen LogP contribution in [0.15, 0.2) is 35.9 Å². The molecule has 10 heteroatoms. The minimum absolute atomic E-state index is 0.0989. The molecule has 3 rings (SSSR count). The predicted molar refractivity (Wildman–Crippen MR) is 98.3 cm³/mol. The fraction of sp³-hybridized carbons (Fsp3) is 0.444. The van der Waals surface area contributed by atoms with Crippen LogP contribution in [-0.4, -0.2) is 32.8 Å². The van der Waals surface area contributed by atoms with Gasteiger partial charge in [-0.3, -0.25) is 10.1 Å². The highest BCUT2D eigenvalue weighted by molar-refractivity contribution is 5.70. The molecular formula is C18H20N4O6. The summed E-state index contributed by atoms with van der Waals surface area (Å²) >= 11 is 0. The van der Waals surface area contributed by atoms with Gasteiger partial charge in [-0.05, 0) is 33.3 Å². The average molecular weight is 388 g/mol. The summed E-state index contributed by atoms with van der Waals surface area (Å²) in [5.41, 5.74) is 0.0304. The third-order valence-corrected chi connectivity index (χ3v) is 4.29. The van der Waals surface area contributed by atoms with Crippen molar-refractivity contribution in [3.05, 3.63) is 57.0 Å². The Bertz CT molecular complexity index is 917. The monoisotopic (exact) mass is 388 g/mol. The van der Waals surface area contributed by atoms with Crippen molar-refractivity contribution in [1.29, 1.82) is 0 Å². The molecule has 10 nitrogen and oxygen atoms in total. The number of nitroso groups, excluding NO2 is 1. The van der Waals surface area contributed by atoms with Crippen LogP contribution in [0.2, 0.25) is 0 Å². The fourth-order valence-electron chi connectivity index (χ4n) is 3.09. The lowest BCUT2D eigenvalue weighted by Crippen LogP contribution is -2.26. The van der Waals surface area contributed by atoms with Crippen LogP contribution in [0, 0.1) is 15.0 Å². The molecule has 1 aromatic carbocycles. The van der Waals surface area contributed by atoms with E-state index in [9.17, 15) is 19.8 Å². The van der Waals surface area contributed by atoms with E-state index in [4.69, 9.17) is 9.47 Å². The zero-order valence-electron chi connectivity index (χ0n) is 15.7. The molecule has 0 fully saturated rings. The Labute approximate surface area is 160 Å². The number of nitro groups is 1. The Morgan fingerprint density at radius 3 is 2.86 bits per heavy atom. The molecule has 0 saturated carbocycles.